The van der Waals surface area contributed by atoms with Crippen LogP contribution in [0.2, 0.25) is 0 Å². The van der Waals surface area contributed by atoms with Gasteiger partial charge in [0.25, 0.3) is 5.91 Å². The number of nitrogens with two attached hydrogens (primary N) is 1. The minimum atomic E-state index is -0.777. The third-order valence-electron chi connectivity index (χ3n) is 7.17. The molecule has 0 aromatic heterocycles. The first-order valence-electron chi connectivity index (χ1n) is 15.3. The molecule has 0 aliphatic heterocycles. The number of hydrogen-bond donors (Lipinski definition) is 2. The maximum atomic E-state index is 11.4. The van der Waals surface area contributed by atoms with Gasteiger partial charge < -0.3 is 20.3 Å². The second-order valence-electron chi connectivity index (χ2n) is 10.7. The number of primary amides is 1. The largest absolute Gasteiger partial charge is 0.493 e. The molecule has 6 nitrogen and oxygen atoms in total. The number of rotatable bonds is 14. The summed E-state index contributed by atoms with van der Waals surface area (Å²) in [5.41, 5.74) is 10.2. The highest BCUT2D eigenvalue weighted by atomic mass is 79.9. The third kappa shape index (κ3) is 11.2. The number of hydrogen-bond acceptors (Lipinski definition) is 4. The number of carboxylic acid groups (broad SMARTS) is 1. The van der Waals surface area contributed by atoms with Gasteiger partial charge in [-0.25, -0.2) is 0 Å². The van der Waals surface area contributed by atoms with Crippen molar-refractivity contribution in [2.24, 2.45) is 5.73 Å². The predicted octanol–water partition coefficient (Wildman–Crippen LogP) is 9.50. The van der Waals surface area contributed by atoms with Gasteiger partial charge in [-0.2, -0.15) is 0 Å². The van der Waals surface area contributed by atoms with Crippen molar-refractivity contribution in [1.82, 2.24) is 0 Å². The average molecular weight is 681 g/mol. The average Bonchev–Trinajstić information content (AvgIpc) is 3.07. The Bertz CT molecular complexity index is 1670. The van der Waals surface area contributed by atoms with E-state index in [4.69, 9.17) is 20.3 Å². The van der Waals surface area contributed by atoms with Crippen LogP contribution in [-0.4, -0.2) is 23.6 Å². The van der Waals surface area contributed by atoms with E-state index in [0.29, 0.717) is 24.3 Å². The smallest absolute Gasteiger partial charge is 0.303 e. The maximum Gasteiger partial charge on any atom is 0.303 e. The van der Waals surface area contributed by atoms with Crippen LogP contribution >= 0.6 is 15.9 Å². The van der Waals surface area contributed by atoms with Crippen molar-refractivity contribution < 1.29 is 24.2 Å². The molecule has 5 aromatic carbocycles. The van der Waals surface area contributed by atoms with Crippen molar-refractivity contribution in [3.63, 3.8) is 0 Å². The van der Waals surface area contributed by atoms with Gasteiger partial charge in [-0.3, -0.25) is 9.59 Å². The molecule has 0 bridgehead atoms. The number of carbonyl (C=O) groups is 2. The Morgan fingerprint density at radius 3 is 2.02 bits per heavy atom. The number of benzene rings is 5. The highest BCUT2D eigenvalue weighted by Crippen LogP contribution is 2.33. The van der Waals surface area contributed by atoms with Gasteiger partial charge in [0.05, 0.1) is 12.2 Å². The molecule has 0 aliphatic rings. The number of aliphatic carboxylic acids is 1. The lowest BCUT2D eigenvalue weighted by Gasteiger charge is -2.11. The summed E-state index contributed by atoms with van der Waals surface area (Å²) in [7, 11) is 0. The topological polar surface area (TPSA) is 98.9 Å². The first-order chi connectivity index (χ1) is 22.4. The molecule has 5 rings (SSSR count). The molecule has 0 fully saturated rings. The lowest BCUT2D eigenvalue weighted by molar-refractivity contribution is -0.136. The molecule has 0 spiro atoms. The van der Waals surface area contributed by atoms with Crippen molar-refractivity contribution in [1.29, 1.82) is 0 Å². The summed E-state index contributed by atoms with van der Waals surface area (Å²) in [6.45, 7) is 0.594. The molecular formula is C39H38BrNO5. The molecule has 3 N–H and O–H groups in total. The molecule has 5 aromatic rings. The molecule has 0 radical (unpaired) electrons. The van der Waals surface area contributed by atoms with Gasteiger partial charge in [-0.05, 0) is 85.2 Å². The van der Waals surface area contributed by atoms with Gasteiger partial charge in [0.2, 0.25) is 0 Å². The molecule has 0 saturated carbocycles. The molecule has 46 heavy (non-hydrogen) atoms. The fourth-order valence-electron chi connectivity index (χ4n) is 4.77. The molecule has 0 atom stereocenters. The number of carboxylic acids is 1. The van der Waals surface area contributed by atoms with E-state index in [-0.39, 0.29) is 6.42 Å². The Balaban J connectivity index is 0.000000210. The molecule has 7 heteroatoms. The number of unbranched alkanes of at least 4 members (excludes halogenated alkanes) is 2. The van der Waals surface area contributed by atoms with Crippen molar-refractivity contribution in [2.75, 3.05) is 6.61 Å². The molecule has 0 unspecified atom stereocenters. The molecule has 236 valence electrons. The Labute approximate surface area is 279 Å². The van der Waals surface area contributed by atoms with E-state index in [1.807, 2.05) is 91.0 Å². The maximum absolute atomic E-state index is 11.4. The summed E-state index contributed by atoms with van der Waals surface area (Å²) < 4.78 is 12.5. The van der Waals surface area contributed by atoms with E-state index < -0.39 is 11.9 Å². The zero-order valence-electron chi connectivity index (χ0n) is 25.6. The molecular weight excluding hydrogens is 642 g/mol. The zero-order chi connectivity index (χ0) is 32.6. The highest BCUT2D eigenvalue weighted by Gasteiger charge is 2.10. The summed E-state index contributed by atoms with van der Waals surface area (Å²) in [6.07, 6.45) is 4.96. The number of ether oxygens (including phenoxy) is 2. The second kappa shape index (κ2) is 18.2. The van der Waals surface area contributed by atoms with Crippen LogP contribution in [0.1, 0.15) is 47.2 Å². The van der Waals surface area contributed by atoms with Crippen molar-refractivity contribution in [3.8, 4) is 28.4 Å². The number of amides is 1. The van der Waals surface area contributed by atoms with Crippen LogP contribution < -0.4 is 15.2 Å². The van der Waals surface area contributed by atoms with Crippen molar-refractivity contribution in [2.45, 2.75) is 38.5 Å². The molecule has 0 saturated heterocycles. The lowest BCUT2D eigenvalue weighted by atomic mass is 10.0. The fourth-order valence-corrected chi connectivity index (χ4v) is 5.13. The van der Waals surface area contributed by atoms with Crippen molar-refractivity contribution in [3.05, 3.63) is 149 Å². The quantitative estimate of drug-likeness (QED) is 0.114. The summed E-state index contributed by atoms with van der Waals surface area (Å²) in [6, 6.07) is 41.3. The summed E-state index contributed by atoms with van der Waals surface area (Å²) in [4.78, 5) is 22.1. The van der Waals surface area contributed by atoms with E-state index in [9.17, 15) is 9.59 Å². The van der Waals surface area contributed by atoms with Gasteiger partial charge in [0.15, 0.2) is 0 Å². The van der Waals surface area contributed by atoms with E-state index >= 15 is 0 Å². The van der Waals surface area contributed by atoms with E-state index in [1.54, 1.807) is 12.1 Å². The number of aryl methyl sites for hydroxylation is 2. The van der Waals surface area contributed by atoms with Crippen LogP contribution in [0.25, 0.3) is 11.1 Å². The Morgan fingerprint density at radius 1 is 0.674 bits per heavy atom. The number of para-hydroxylation sites is 2. The third-order valence-corrected chi connectivity index (χ3v) is 7.66. The van der Waals surface area contributed by atoms with Crippen LogP contribution in [0, 0.1) is 0 Å². The van der Waals surface area contributed by atoms with Gasteiger partial charge in [0, 0.05) is 16.5 Å². The van der Waals surface area contributed by atoms with Gasteiger partial charge >= 0.3 is 5.97 Å². The van der Waals surface area contributed by atoms with Gasteiger partial charge in [-0.1, -0.05) is 107 Å². The zero-order valence-corrected chi connectivity index (χ0v) is 27.2. The number of halogens is 1. The van der Waals surface area contributed by atoms with E-state index in [0.717, 1.165) is 58.3 Å². The minimum Gasteiger partial charge on any atom is -0.493 e. The summed E-state index contributed by atoms with van der Waals surface area (Å²) in [5.74, 6) is 0.893. The van der Waals surface area contributed by atoms with E-state index in [1.165, 1.54) is 5.56 Å². The Morgan fingerprint density at radius 2 is 1.33 bits per heavy atom. The molecule has 1 amide bonds. The van der Waals surface area contributed by atoms with Crippen LogP contribution in [0.4, 0.5) is 0 Å². The van der Waals surface area contributed by atoms with Crippen molar-refractivity contribution >= 4 is 27.8 Å². The van der Waals surface area contributed by atoms with E-state index in [2.05, 4.69) is 40.2 Å². The Hall–Kier alpha value is -4.88. The normalized spacial score (nSPS) is 10.4. The molecule has 0 heterocycles. The van der Waals surface area contributed by atoms with Crippen LogP contribution in [0.15, 0.2) is 132 Å². The first kappa shape index (κ1) is 34.0. The predicted molar refractivity (Wildman–Crippen MR) is 187 cm³/mol. The van der Waals surface area contributed by atoms with Crippen LogP contribution in [0.5, 0.6) is 17.2 Å². The van der Waals surface area contributed by atoms with Gasteiger partial charge in [0.1, 0.15) is 17.2 Å². The number of carbonyl (C=O) groups excluding carboxylic acids is 1. The van der Waals surface area contributed by atoms with Crippen LogP contribution in [-0.2, 0) is 17.6 Å². The second-order valence-corrected chi connectivity index (χ2v) is 11.6. The Kier molecular flexibility index (Phi) is 13.4. The van der Waals surface area contributed by atoms with Gasteiger partial charge in [-0.15, -0.1) is 0 Å². The minimum absolute atomic E-state index is 0.146. The van der Waals surface area contributed by atoms with Crippen LogP contribution in [0.3, 0.4) is 0 Å². The monoisotopic (exact) mass is 679 g/mol. The summed E-state index contributed by atoms with van der Waals surface area (Å²) >= 11 is 3.33. The fraction of sp³-hybridized carbons (Fsp3) is 0.179. The highest BCUT2D eigenvalue weighted by molar-refractivity contribution is 9.10. The molecule has 0 aliphatic carbocycles. The lowest BCUT2D eigenvalue weighted by Crippen LogP contribution is -2.13. The SMILES string of the molecule is NC(=O)c1cc(Br)ccc1OCCCCCc1ccccc1.O=C(O)CCc1ccc(-c2ccccc2Oc2ccccc2)cc1. The first-order valence-corrected chi connectivity index (χ1v) is 16.1. The summed E-state index contributed by atoms with van der Waals surface area (Å²) in [5, 5.41) is 8.77. The standard InChI is InChI=1S/C21H18O3.C18H20BrNO2/c22-21(23)15-12-16-10-13-17(14-11-16)19-8-4-5-9-20(19)24-18-6-2-1-3-7-18;19-15-10-11-17(16(13-15)18(20)21)22-12-6-2-5-9-14-7-3-1-4-8-14/h1-11,13-14H,12,15H2,(H,22,23);1,3-4,7-8,10-11,13H,2,5-6,9,12H2,(H2,20,21).